The molecule has 0 aliphatic rings. The molecule has 0 aromatic heterocycles. The van der Waals surface area contributed by atoms with E-state index >= 15 is 0 Å². The molecule has 4 nitrogen and oxygen atoms in total. The second kappa shape index (κ2) is 8.26. The van der Waals surface area contributed by atoms with Crippen LogP contribution in [0.2, 0.25) is 0 Å². The first kappa shape index (κ1) is 18.4. The number of rotatable bonds is 4. The number of anilines is 1. The lowest BCUT2D eigenvalue weighted by Gasteiger charge is -2.13. The van der Waals surface area contributed by atoms with Crippen LogP contribution in [-0.2, 0) is 0 Å². The lowest BCUT2D eigenvalue weighted by Crippen LogP contribution is -2.34. The molecule has 6 heteroatoms. The van der Waals surface area contributed by atoms with E-state index in [0.29, 0.717) is 11.3 Å². The summed E-state index contributed by atoms with van der Waals surface area (Å²) in [7, 11) is 0. The van der Waals surface area contributed by atoms with E-state index in [1.165, 1.54) is 0 Å². The first-order valence-corrected chi connectivity index (χ1v) is 8.70. The Bertz CT molecular complexity index is 762. The molecule has 2 N–H and O–H groups in total. The average Bonchev–Trinajstić information content (AvgIpc) is 2.49. The van der Waals surface area contributed by atoms with Crippen molar-refractivity contribution >= 4 is 44.9 Å². The van der Waals surface area contributed by atoms with Gasteiger partial charge in [0, 0.05) is 10.0 Å². The van der Waals surface area contributed by atoms with Crippen molar-refractivity contribution in [2.75, 3.05) is 5.32 Å². The van der Waals surface area contributed by atoms with E-state index in [9.17, 15) is 4.79 Å². The van der Waals surface area contributed by atoms with Gasteiger partial charge in [0.05, 0.1) is 11.8 Å². The van der Waals surface area contributed by atoms with Crippen LogP contribution < -0.4 is 15.4 Å². The molecule has 2 aromatic rings. The van der Waals surface area contributed by atoms with E-state index in [-0.39, 0.29) is 17.1 Å². The largest absolute Gasteiger partial charge is 0.491 e. The molecule has 0 fully saturated rings. The summed E-state index contributed by atoms with van der Waals surface area (Å²) >= 11 is 8.68. The monoisotopic (exact) mass is 406 g/mol. The molecule has 0 atom stereocenters. The van der Waals surface area contributed by atoms with E-state index in [2.05, 4.69) is 26.6 Å². The second-order valence-corrected chi connectivity index (χ2v) is 6.85. The van der Waals surface area contributed by atoms with Gasteiger partial charge in [-0.15, -0.1) is 0 Å². The van der Waals surface area contributed by atoms with Crippen LogP contribution in [0.1, 0.15) is 29.8 Å². The number of amides is 1. The highest BCUT2D eigenvalue weighted by Gasteiger charge is 2.10. The van der Waals surface area contributed by atoms with Gasteiger partial charge in [-0.1, -0.05) is 12.1 Å². The fourth-order valence-corrected chi connectivity index (χ4v) is 2.83. The highest BCUT2D eigenvalue weighted by Crippen LogP contribution is 2.23. The summed E-state index contributed by atoms with van der Waals surface area (Å²) < 4.78 is 6.48. The highest BCUT2D eigenvalue weighted by atomic mass is 79.9. The predicted octanol–water partition coefficient (Wildman–Crippen LogP) is 4.67. The molecular weight excluding hydrogens is 388 g/mol. The van der Waals surface area contributed by atoms with E-state index < -0.39 is 0 Å². The molecule has 0 aliphatic carbocycles. The van der Waals surface area contributed by atoms with Crippen molar-refractivity contribution in [3.8, 4) is 5.75 Å². The zero-order valence-corrected chi connectivity index (χ0v) is 16.1. The highest BCUT2D eigenvalue weighted by molar-refractivity contribution is 9.10. The fraction of sp³-hybridized carbons (Fsp3) is 0.222. The molecule has 0 heterocycles. The normalized spacial score (nSPS) is 10.4. The van der Waals surface area contributed by atoms with Crippen molar-refractivity contribution in [2.24, 2.45) is 0 Å². The van der Waals surface area contributed by atoms with E-state index in [1.807, 2.05) is 45.0 Å². The van der Waals surface area contributed by atoms with Crippen molar-refractivity contribution < 1.29 is 9.53 Å². The molecule has 0 aliphatic heterocycles. The number of thiocarbonyl (C=S) groups is 1. The Balaban J connectivity index is 2.02. The molecule has 0 spiro atoms. The van der Waals surface area contributed by atoms with E-state index in [1.54, 1.807) is 18.2 Å². The van der Waals surface area contributed by atoms with Crippen LogP contribution in [-0.4, -0.2) is 17.1 Å². The molecule has 0 bridgehead atoms. The fourth-order valence-electron chi connectivity index (χ4n) is 2.03. The summed E-state index contributed by atoms with van der Waals surface area (Å²) in [4.78, 5) is 12.3. The van der Waals surface area contributed by atoms with Crippen LogP contribution in [0.5, 0.6) is 5.75 Å². The van der Waals surface area contributed by atoms with Gasteiger partial charge in [0.15, 0.2) is 5.11 Å². The standard InChI is InChI=1S/C18H19BrN2O2S/c1-11(2)23-14-6-4-5-13(10-14)17(22)21-18(24)20-16-8-7-12(3)9-15(16)19/h4-11H,1-3H3,(H2,20,21,22,24). The molecule has 2 rings (SSSR count). The van der Waals surface area contributed by atoms with Gasteiger partial charge in [-0.25, -0.2) is 0 Å². The number of halogens is 1. The summed E-state index contributed by atoms with van der Waals surface area (Å²) in [5.74, 6) is 0.364. The quantitative estimate of drug-likeness (QED) is 0.724. The van der Waals surface area contributed by atoms with Crippen molar-refractivity contribution in [2.45, 2.75) is 26.9 Å². The molecule has 24 heavy (non-hydrogen) atoms. The lowest BCUT2D eigenvalue weighted by atomic mass is 10.2. The maximum atomic E-state index is 12.3. The topological polar surface area (TPSA) is 50.4 Å². The summed E-state index contributed by atoms with van der Waals surface area (Å²) in [6.45, 7) is 5.87. The number of benzene rings is 2. The number of ether oxygens (including phenoxy) is 1. The second-order valence-electron chi connectivity index (χ2n) is 5.59. The predicted molar refractivity (Wildman–Crippen MR) is 105 cm³/mol. The minimum Gasteiger partial charge on any atom is -0.491 e. The zero-order chi connectivity index (χ0) is 17.7. The van der Waals surface area contributed by atoms with Crippen molar-refractivity contribution in [3.05, 3.63) is 58.1 Å². The number of carbonyl (C=O) groups is 1. The Morgan fingerprint density at radius 2 is 1.96 bits per heavy atom. The maximum Gasteiger partial charge on any atom is 0.257 e. The van der Waals surface area contributed by atoms with E-state index in [4.69, 9.17) is 17.0 Å². The summed E-state index contributed by atoms with van der Waals surface area (Å²) in [5.41, 5.74) is 2.41. The van der Waals surface area contributed by atoms with Gasteiger partial charge in [0.2, 0.25) is 0 Å². The minimum atomic E-state index is -0.287. The Labute approximate surface area is 155 Å². The van der Waals surface area contributed by atoms with Crippen LogP contribution in [0.15, 0.2) is 46.9 Å². The van der Waals surface area contributed by atoms with Crippen molar-refractivity contribution in [1.82, 2.24) is 5.32 Å². The van der Waals surface area contributed by atoms with Gasteiger partial charge in [-0.3, -0.25) is 10.1 Å². The molecule has 0 unspecified atom stereocenters. The Morgan fingerprint density at radius 3 is 2.62 bits per heavy atom. The van der Waals surface area contributed by atoms with Gasteiger partial charge >= 0.3 is 0 Å². The van der Waals surface area contributed by atoms with Gasteiger partial charge in [-0.2, -0.15) is 0 Å². The first-order chi connectivity index (χ1) is 11.3. The summed E-state index contributed by atoms with van der Waals surface area (Å²) in [6.07, 6.45) is 0.0462. The molecule has 0 saturated heterocycles. The average molecular weight is 407 g/mol. The smallest absolute Gasteiger partial charge is 0.257 e. The third-order valence-electron chi connectivity index (χ3n) is 3.07. The first-order valence-electron chi connectivity index (χ1n) is 7.50. The van der Waals surface area contributed by atoms with Crippen LogP contribution in [0, 0.1) is 6.92 Å². The van der Waals surface area contributed by atoms with Crippen molar-refractivity contribution in [3.63, 3.8) is 0 Å². The number of aryl methyl sites for hydroxylation is 1. The third kappa shape index (κ3) is 5.32. The van der Waals surface area contributed by atoms with Crippen LogP contribution in [0.4, 0.5) is 5.69 Å². The Kier molecular flexibility index (Phi) is 6.34. The van der Waals surface area contributed by atoms with E-state index in [0.717, 1.165) is 15.7 Å². The number of hydrogen-bond acceptors (Lipinski definition) is 3. The molecule has 2 aromatic carbocycles. The number of hydrogen-bond donors (Lipinski definition) is 2. The minimum absolute atomic E-state index is 0.0462. The third-order valence-corrected chi connectivity index (χ3v) is 3.93. The number of carbonyl (C=O) groups excluding carboxylic acids is 1. The van der Waals surface area contributed by atoms with Gasteiger partial charge in [-0.05, 0) is 84.8 Å². The van der Waals surface area contributed by atoms with Crippen LogP contribution >= 0.6 is 28.1 Å². The van der Waals surface area contributed by atoms with Crippen LogP contribution in [0.3, 0.4) is 0 Å². The van der Waals surface area contributed by atoms with Gasteiger partial charge in [0.1, 0.15) is 5.75 Å². The molecule has 0 saturated carbocycles. The molecule has 1 amide bonds. The molecular formula is C18H19BrN2O2S. The summed E-state index contributed by atoms with van der Waals surface area (Å²) in [5, 5.41) is 5.91. The Morgan fingerprint density at radius 1 is 1.21 bits per heavy atom. The molecule has 0 radical (unpaired) electrons. The number of nitrogens with one attached hydrogen (secondary N) is 2. The van der Waals surface area contributed by atoms with Crippen molar-refractivity contribution in [1.29, 1.82) is 0 Å². The SMILES string of the molecule is Cc1ccc(NC(=S)NC(=O)c2cccc(OC(C)C)c2)c(Br)c1. The molecule has 126 valence electrons. The van der Waals surface area contributed by atoms with Gasteiger partial charge in [0.25, 0.3) is 5.91 Å². The van der Waals surface area contributed by atoms with Crippen LogP contribution in [0.25, 0.3) is 0 Å². The Hall–Kier alpha value is -1.92. The summed E-state index contributed by atoms with van der Waals surface area (Å²) in [6, 6.07) is 12.8. The van der Waals surface area contributed by atoms with Gasteiger partial charge < -0.3 is 10.1 Å². The maximum absolute atomic E-state index is 12.3. The lowest BCUT2D eigenvalue weighted by molar-refractivity contribution is 0.0977. The zero-order valence-electron chi connectivity index (χ0n) is 13.7.